The standard InChI is InChI=1S/C14H21ClNO2.BrH/c1-16(2,3)8-14(9-17-10-14)11-18-13-7-5-4-6-12(13)15;/h4-7H,8-11H2,1-3H3;1H/q+1;/p-1. The Hall–Kier alpha value is -0.290. The molecule has 1 aliphatic heterocycles. The molecular weight excluding hydrogens is 330 g/mol. The molecule has 0 spiro atoms. The summed E-state index contributed by atoms with van der Waals surface area (Å²) in [5.41, 5.74) is 0.122. The number of hydrogen-bond donors (Lipinski definition) is 0. The summed E-state index contributed by atoms with van der Waals surface area (Å²) in [5.74, 6) is 0.756. The van der Waals surface area contributed by atoms with E-state index in [1.807, 2.05) is 24.3 Å². The maximum atomic E-state index is 6.09. The number of hydrogen-bond acceptors (Lipinski definition) is 2. The van der Waals surface area contributed by atoms with Crippen LogP contribution in [0.25, 0.3) is 0 Å². The lowest BCUT2D eigenvalue weighted by Gasteiger charge is -2.44. The van der Waals surface area contributed by atoms with Gasteiger partial charge in [-0.2, -0.15) is 0 Å². The zero-order chi connectivity index (χ0) is 13.2. The van der Waals surface area contributed by atoms with Crippen LogP contribution in [0.15, 0.2) is 24.3 Å². The molecule has 0 amide bonds. The second kappa shape index (κ2) is 6.44. The zero-order valence-corrected chi connectivity index (χ0v) is 14.0. The summed E-state index contributed by atoms with van der Waals surface area (Å²) in [6, 6.07) is 7.59. The average molecular weight is 351 g/mol. The van der Waals surface area contributed by atoms with Crippen LogP contribution < -0.4 is 21.7 Å². The maximum absolute atomic E-state index is 6.09. The molecule has 0 aromatic heterocycles. The number of halogens is 2. The Morgan fingerprint density at radius 2 is 1.89 bits per heavy atom. The van der Waals surface area contributed by atoms with Crippen LogP contribution in [0.3, 0.4) is 0 Å². The summed E-state index contributed by atoms with van der Waals surface area (Å²) in [5, 5.41) is 0.665. The van der Waals surface area contributed by atoms with Gasteiger partial charge < -0.3 is 30.9 Å². The molecule has 0 aliphatic carbocycles. The first kappa shape index (κ1) is 16.8. The molecule has 1 saturated heterocycles. The Balaban J connectivity index is 0.00000180. The van der Waals surface area contributed by atoms with Crippen LogP contribution in [0.2, 0.25) is 5.02 Å². The minimum atomic E-state index is 0. The van der Waals surface area contributed by atoms with Gasteiger partial charge in [0, 0.05) is 0 Å². The van der Waals surface area contributed by atoms with Crippen LogP contribution in [-0.4, -0.2) is 52.0 Å². The molecule has 3 nitrogen and oxygen atoms in total. The van der Waals surface area contributed by atoms with E-state index in [4.69, 9.17) is 21.1 Å². The minimum Gasteiger partial charge on any atom is -1.00 e. The van der Waals surface area contributed by atoms with Crippen LogP contribution in [-0.2, 0) is 4.74 Å². The summed E-state index contributed by atoms with van der Waals surface area (Å²) < 4.78 is 12.2. The van der Waals surface area contributed by atoms with Crippen LogP contribution in [0.4, 0.5) is 0 Å². The van der Waals surface area contributed by atoms with E-state index in [2.05, 4.69) is 21.1 Å². The van der Waals surface area contributed by atoms with Gasteiger partial charge >= 0.3 is 0 Å². The molecule has 108 valence electrons. The monoisotopic (exact) mass is 349 g/mol. The van der Waals surface area contributed by atoms with Gasteiger partial charge in [0.1, 0.15) is 12.4 Å². The van der Waals surface area contributed by atoms with Crippen LogP contribution in [0.5, 0.6) is 5.75 Å². The van der Waals surface area contributed by atoms with Crippen molar-refractivity contribution < 1.29 is 30.9 Å². The van der Waals surface area contributed by atoms with Gasteiger partial charge in [-0.1, -0.05) is 23.7 Å². The smallest absolute Gasteiger partial charge is 0.137 e. The Morgan fingerprint density at radius 1 is 1.26 bits per heavy atom. The Morgan fingerprint density at radius 3 is 2.37 bits per heavy atom. The number of quaternary nitrogens is 1. The number of benzene rings is 1. The molecule has 0 saturated carbocycles. The maximum Gasteiger partial charge on any atom is 0.137 e. The van der Waals surface area contributed by atoms with Crippen molar-refractivity contribution in [1.29, 1.82) is 0 Å². The molecule has 1 aromatic rings. The quantitative estimate of drug-likeness (QED) is 0.663. The van der Waals surface area contributed by atoms with Crippen LogP contribution in [0.1, 0.15) is 0 Å². The van der Waals surface area contributed by atoms with E-state index >= 15 is 0 Å². The number of para-hydroxylation sites is 1. The molecule has 5 heteroatoms. The van der Waals surface area contributed by atoms with E-state index < -0.39 is 0 Å². The molecule has 19 heavy (non-hydrogen) atoms. The largest absolute Gasteiger partial charge is 1.00 e. The molecule has 2 rings (SSSR count). The van der Waals surface area contributed by atoms with Crippen molar-refractivity contribution in [1.82, 2.24) is 0 Å². The highest BCUT2D eigenvalue weighted by Gasteiger charge is 2.44. The normalized spacial score (nSPS) is 17.3. The SMILES string of the molecule is C[N+](C)(C)CC1(COc2ccccc2Cl)COC1.[Br-]. The first-order valence-corrected chi connectivity index (χ1v) is 6.54. The molecule has 0 radical (unpaired) electrons. The van der Waals surface area contributed by atoms with Crippen molar-refractivity contribution in [3.05, 3.63) is 29.3 Å². The molecular formula is C14H21BrClNO2. The summed E-state index contributed by atoms with van der Waals surface area (Å²) in [6.07, 6.45) is 0. The number of ether oxygens (including phenoxy) is 2. The fraction of sp³-hybridized carbons (Fsp3) is 0.571. The molecule has 1 aromatic carbocycles. The van der Waals surface area contributed by atoms with Gasteiger partial charge in [0.2, 0.25) is 0 Å². The predicted octanol–water partition coefficient (Wildman–Crippen LogP) is -0.554. The fourth-order valence-electron chi connectivity index (χ4n) is 2.41. The molecule has 1 aliphatic rings. The molecule has 0 atom stereocenters. The van der Waals surface area contributed by atoms with Gasteiger partial charge in [-0.25, -0.2) is 0 Å². The van der Waals surface area contributed by atoms with E-state index in [-0.39, 0.29) is 22.4 Å². The Labute approximate surface area is 130 Å². The molecule has 1 heterocycles. The van der Waals surface area contributed by atoms with Gasteiger partial charge in [-0.05, 0) is 12.1 Å². The molecule has 0 unspecified atom stereocenters. The topological polar surface area (TPSA) is 18.5 Å². The third-order valence-corrected chi connectivity index (χ3v) is 3.31. The molecule has 0 N–H and O–H groups in total. The highest BCUT2D eigenvalue weighted by molar-refractivity contribution is 6.32. The first-order valence-electron chi connectivity index (χ1n) is 6.16. The lowest BCUT2D eigenvalue weighted by molar-refractivity contribution is -0.879. The lowest BCUT2D eigenvalue weighted by Crippen LogP contribution is -3.00. The number of nitrogens with zero attached hydrogens (tertiary/aromatic N) is 1. The van der Waals surface area contributed by atoms with Gasteiger partial charge in [0.25, 0.3) is 0 Å². The van der Waals surface area contributed by atoms with Gasteiger partial charge in [-0.3, -0.25) is 0 Å². The van der Waals surface area contributed by atoms with Gasteiger partial charge in [0.15, 0.2) is 0 Å². The summed E-state index contributed by atoms with van der Waals surface area (Å²) in [7, 11) is 6.57. The van der Waals surface area contributed by atoms with Crippen molar-refractivity contribution in [3.63, 3.8) is 0 Å². The molecule has 1 fully saturated rings. The lowest BCUT2D eigenvalue weighted by atomic mass is 9.86. The third-order valence-electron chi connectivity index (χ3n) is 3.00. The second-order valence-corrected chi connectivity index (χ2v) is 6.57. The highest BCUT2D eigenvalue weighted by Crippen LogP contribution is 2.32. The van der Waals surface area contributed by atoms with Crippen molar-refractivity contribution in [3.8, 4) is 5.75 Å². The Kier molecular flexibility index (Phi) is 5.68. The summed E-state index contributed by atoms with van der Waals surface area (Å²) in [6.45, 7) is 3.24. The van der Waals surface area contributed by atoms with Crippen molar-refractivity contribution in [2.24, 2.45) is 5.41 Å². The highest BCUT2D eigenvalue weighted by atomic mass is 79.9. The first-order chi connectivity index (χ1) is 8.40. The van der Waals surface area contributed by atoms with Crippen molar-refractivity contribution >= 4 is 11.6 Å². The summed E-state index contributed by atoms with van der Waals surface area (Å²) in [4.78, 5) is 0. The minimum absolute atomic E-state index is 0. The second-order valence-electron chi connectivity index (χ2n) is 6.16. The van der Waals surface area contributed by atoms with Gasteiger partial charge in [-0.15, -0.1) is 0 Å². The Bertz CT molecular complexity index is 416. The number of rotatable bonds is 5. The van der Waals surface area contributed by atoms with E-state index in [1.54, 1.807) is 0 Å². The zero-order valence-electron chi connectivity index (χ0n) is 11.7. The van der Waals surface area contributed by atoms with Gasteiger partial charge in [0.05, 0.1) is 51.3 Å². The third kappa shape index (κ3) is 4.63. The van der Waals surface area contributed by atoms with E-state index in [1.165, 1.54) is 0 Å². The van der Waals surface area contributed by atoms with Crippen LogP contribution >= 0.6 is 11.6 Å². The average Bonchev–Trinajstić information content (AvgIpc) is 2.22. The fourth-order valence-corrected chi connectivity index (χ4v) is 2.60. The summed E-state index contributed by atoms with van der Waals surface area (Å²) >= 11 is 6.09. The van der Waals surface area contributed by atoms with Crippen LogP contribution in [0, 0.1) is 5.41 Å². The molecule has 0 bridgehead atoms. The van der Waals surface area contributed by atoms with E-state index in [9.17, 15) is 0 Å². The van der Waals surface area contributed by atoms with E-state index in [0.717, 1.165) is 30.0 Å². The van der Waals surface area contributed by atoms with Crippen molar-refractivity contribution in [2.45, 2.75) is 0 Å². The predicted molar refractivity (Wildman–Crippen MR) is 73.1 cm³/mol. The van der Waals surface area contributed by atoms with E-state index in [0.29, 0.717) is 11.6 Å². The van der Waals surface area contributed by atoms with Crippen molar-refractivity contribution in [2.75, 3.05) is 47.5 Å².